The Balaban J connectivity index is 1.95. The third-order valence-corrected chi connectivity index (χ3v) is 7.40. The number of hydrogen-bond donors (Lipinski definition) is 3. The zero-order valence-electron chi connectivity index (χ0n) is 15.7. The van der Waals surface area contributed by atoms with Crippen LogP contribution in [0.2, 0.25) is 0 Å². The molecule has 0 bridgehead atoms. The van der Waals surface area contributed by atoms with Gasteiger partial charge < -0.3 is 10.6 Å². The molecule has 3 atom stereocenters. The van der Waals surface area contributed by atoms with Crippen LogP contribution in [0.5, 0.6) is 0 Å². The molecule has 2 N–H and O–H groups in total. The summed E-state index contributed by atoms with van der Waals surface area (Å²) >= 11 is 9.36. The molecule has 2 rings (SSSR count). The van der Waals surface area contributed by atoms with Gasteiger partial charge in [0.2, 0.25) is 0 Å². The van der Waals surface area contributed by atoms with Crippen LogP contribution in [0, 0.1) is 10.8 Å². The van der Waals surface area contributed by atoms with Crippen molar-refractivity contribution >= 4 is 56.0 Å². The second-order valence-electron chi connectivity index (χ2n) is 8.18. The number of thiol groups is 1. The standard InChI is InChI=1S/C19H28N2OS4/c1-13(20-16(22)26-25-15-8-6-5-7-9-15)19(4)11-14(21-17(23)24)10-18(2,3)12-19/h5-9,13-14H,10-12H2,1-4H3,(H,20,22)(H2,21,23,24). The van der Waals surface area contributed by atoms with Crippen LogP contribution in [-0.4, -0.2) is 21.6 Å². The van der Waals surface area contributed by atoms with Crippen molar-refractivity contribution in [2.45, 2.75) is 63.9 Å². The molecule has 1 aromatic rings. The molecule has 1 aromatic carbocycles. The van der Waals surface area contributed by atoms with Crippen molar-refractivity contribution in [2.24, 2.45) is 10.8 Å². The molecule has 0 radical (unpaired) electrons. The van der Waals surface area contributed by atoms with Crippen LogP contribution < -0.4 is 10.6 Å². The molecule has 3 unspecified atom stereocenters. The molecule has 1 fully saturated rings. The predicted octanol–water partition coefficient (Wildman–Crippen LogP) is 5.91. The van der Waals surface area contributed by atoms with E-state index < -0.39 is 0 Å². The maximum atomic E-state index is 12.4. The molecule has 1 amide bonds. The van der Waals surface area contributed by atoms with Crippen LogP contribution in [0.1, 0.15) is 47.0 Å². The molecule has 1 aliphatic carbocycles. The Bertz CT molecular complexity index is 638. The van der Waals surface area contributed by atoms with Crippen LogP contribution in [0.15, 0.2) is 35.2 Å². The minimum atomic E-state index is 0.00480. The van der Waals surface area contributed by atoms with Crippen LogP contribution in [-0.2, 0) is 0 Å². The summed E-state index contributed by atoms with van der Waals surface area (Å²) in [6.45, 7) is 8.96. The van der Waals surface area contributed by atoms with E-state index in [0.717, 1.165) is 24.2 Å². The highest BCUT2D eigenvalue weighted by molar-refractivity contribution is 8.82. The van der Waals surface area contributed by atoms with Gasteiger partial charge in [-0.3, -0.25) is 4.79 Å². The Morgan fingerprint density at radius 3 is 2.54 bits per heavy atom. The normalized spacial score (nSPS) is 26.0. The minimum absolute atomic E-state index is 0.00480. The van der Waals surface area contributed by atoms with E-state index in [1.165, 1.54) is 21.6 Å². The summed E-state index contributed by atoms with van der Waals surface area (Å²) in [5.74, 6) is 0. The number of amides is 1. The molecule has 3 nitrogen and oxygen atoms in total. The summed E-state index contributed by atoms with van der Waals surface area (Å²) in [6.07, 6.45) is 3.09. The van der Waals surface area contributed by atoms with Crippen LogP contribution in [0.4, 0.5) is 4.79 Å². The first-order valence-electron chi connectivity index (χ1n) is 8.79. The summed E-state index contributed by atoms with van der Waals surface area (Å²) in [5.41, 5.74) is 0.194. The number of benzene rings is 1. The smallest absolute Gasteiger partial charge is 0.290 e. The second-order valence-corrected chi connectivity index (χ2v) is 11.5. The molecule has 7 heteroatoms. The monoisotopic (exact) mass is 428 g/mol. The lowest BCUT2D eigenvalue weighted by atomic mass is 9.60. The number of carbonyl (C=O) groups is 1. The fourth-order valence-electron chi connectivity index (χ4n) is 4.08. The summed E-state index contributed by atoms with van der Waals surface area (Å²) in [5, 5.41) is 6.52. The highest BCUT2D eigenvalue weighted by Crippen LogP contribution is 2.48. The SMILES string of the molecule is CC(NC(=O)SSc1ccccc1)C1(C)CC(NC(=S)S)CC(C)(C)C1. The van der Waals surface area contributed by atoms with Gasteiger partial charge in [0, 0.05) is 27.8 Å². The zero-order valence-corrected chi connectivity index (χ0v) is 19.1. The largest absolute Gasteiger partial charge is 0.368 e. The molecular formula is C19H28N2OS4. The van der Waals surface area contributed by atoms with Gasteiger partial charge >= 0.3 is 0 Å². The molecule has 1 aliphatic rings. The molecule has 0 aliphatic heterocycles. The highest BCUT2D eigenvalue weighted by atomic mass is 33.1. The van der Waals surface area contributed by atoms with Gasteiger partial charge in [0.05, 0.1) is 0 Å². The Labute approximate surface area is 176 Å². The van der Waals surface area contributed by atoms with E-state index in [1.807, 2.05) is 30.3 Å². The number of nitrogens with one attached hydrogen (secondary N) is 2. The van der Waals surface area contributed by atoms with Gasteiger partial charge in [-0.25, -0.2) is 0 Å². The van der Waals surface area contributed by atoms with E-state index in [9.17, 15) is 4.79 Å². The van der Waals surface area contributed by atoms with E-state index >= 15 is 0 Å². The third kappa shape index (κ3) is 6.66. The summed E-state index contributed by atoms with van der Waals surface area (Å²) in [4.78, 5) is 13.5. The van der Waals surface area contributed by atoms with Gasteiger partial charge in [-0.15, -0.1) is 12.6 Å². The maximum Gasteiger partial charge on any atom is 0.290 e. The topological polar surface area (TPSA) is 41.1 Å². The summed E-state index contributed by atoms with van der Waals surface area (Å²) in [6, 6.07) is 10.3. The number of hydrogen-bond acceptors (Lipinski definition) is 4. The number of carbonyl (C=O) groups excluding carboxylic acids is 1. The Morgan fingerprint density at radius 1 is 1.27 bits per heavy atom. The van der Waals surface area contributed by atoms with Gasteiger partial charge in [-0.05, 0) is 59.9 Å². The van der Waals surface area contributed by atoms with E-state index in [4.69, 9.17) is 12.2 Å². The fraction of sp³-hybridized carbons (Fsp3) is 0.579. The molecule has 26 heavy (non-hydrogen) atoms. The Hall–Kier alpha value is -0.370. The molecule has 0 saturated heterocycles. The fourth-order valence-corrected chi connectivity index (χ4v) is 6.09. The molecule has 1 saturated carbocycles. The molecule has 0 spiro atoms. The molecule has 144 valence electrons. The minimum Gasteiger partial charge on any atom is -0.368 e. The van der Waals surface area contributed by atoms with Crippen molar-refractivity contribution < 1.29 is 4.79 Å². The predicted molar refractivity (Wildman–Crippen MR) is 122 cm³/mol. The lowest BCUT2D eigenvalue weighted by Gasteiger charge is -2.49. The average molecular weight is 429 g/mol. The van der Waals surface area contributed by atoms with E-state index in [2.05, 4.69) is 51.0 Å². The summed E-state index contributed by atoms with van der Waals surface area (Å²) < 4.78 is 0.543. The number of thiocarbonyl (C=S) groups is 1. The van der Waals surface area contributed by atoms with E-state index in [-0.39, 0.29) is 22.1 Å². The zero-order chi connectivity index (χ0) is 19.4. The van der Waals surface area contributed by atoms with Gasteiger partial charge in [0.15, 0.2) is 0 Å². The van der Waals surface area contributed by atoms with Crippen LogP contribution in [0.3, 0.4) is 0 Å². The van der Waals surface area contributed by atoms with Crippen molar-refractivity contribution in [3.05, 3.63) is 30.3 Å². The Morgan fingerprint density at radius 2 is 1.92 bits per heavy atom. The lowest BCUT2D eigenvalue weighted by molar-refractivity contribution is 0.0533. The number of rotatable bonds is 5. The quantitative estimate of drug-likeness (QED) is 0.309. The van der Waals surface area contributed by atoms with Crippen molar-refractivity contribution in [1.82, 2.24) is 10.6 Å². The lowest BCUT2D eigenvalue weighted by Crippen LogP contribution is -2.53. The van der Waals surface area contributed by atoms with E-state index in [1.54, 1.807) is 0 Å². The van der Waals surface area contributed by atoms with Crippen molar-refractivity contribution in [3.8, 4) is 0 Å². The van der Waals surface area contributed by atoms with Gasteiger partial charge in [0.25, 0.3) is 5.24 Å². The Kier molecular flexibility index (Phi) is 7.77. The van der Waals surface area contributed by atoms with Gasteiger partial charge in [-0.2, -0.15) is 0 Å². The molecule has 0 heterocycles. The van der Waals surface area contributed by atoms with E-state index in [0.29, 0.717) is 10.4 Å². The van der Waals surface area contributed by atoms with Crippen LogP contribution >= 0.6 is 46.4 Å². The van der Waals surface area contributed by atoms with Crippen LogP contribution in [0.25, 0.3) is 0 Å². The molecule has 0 aromatic heterocycles. The van der Waals surface area contributed by atoms with Crippen molar-refractivity contribution in [2.75, 3.05) is 0 Å². The van der Waals surface area contributed by atoms with Crippen molar-refractivity contribution in [1.29, 1.82) is 0 Å². The van der Waals surface area contributed by atoms with Gasteiger partial charge in [0.1, 0.15) is 4.32 Å². The second kappa shape index (κ2) is 9.22. The highest BCUT2D eigenvalue weighted by Gasteiger charge is 2.44. The first-order chi connectivity index (χ1) is 12.1. The molecular weight excluding hydrogens is 400 g/mol. The van der Waals surface area contributed by atoms with Gasteiger partial charge in [-0.1, -0.05) is 51.2 Å². The van der Waals surface area contributed by atoms with Crippen molar-refractivity contribution in [3.63, 3.8) is 0 Å². The average Bonchev–Trinajstić information content (AvgIpc) is 2.51. The first kappa shape index (κ1) is 21.9. The maximum absolute atomic E-state index is 12.4. The summed E-state index contributed by atoms with van der Waals surface area (Å²) in [7, 11) is 2.74. The first-order valence-corrected chi connectivity index (χ1v) is 11.8. The third-order valence-electron chi connectivity index (χ3n) is 5.06.